The van der Waals surface area contributed by atoms with E-state index in [1.807, 2.05) is 6.20 Å². The smallest absolute Gasteiger partial charge is 0.234 e. The standard InChI is InChI=1S/C14H22ClN3O/c1-2-9-19-14-11-16-10-13(17-14)18(8-4-7-15)12-5-3-6-12/h10-12H,2-9H2,1H3. The molecule has 1 aliphatic carbocycles. The molecular weight excluding hydrogens is 262 g/mol. The summed E-state index contributed by atoms with van der Waals surface area (Å²) < 4.78 is 5.56. The summed E-state index contributed by atoms with van der Waals surface area (Å²) in [5, 5.41) is 0. The molecular formula is C14H22ClN3O. The summed E-state index contributed by atoms with van der Waals surface area (Å²) in [6.07, 6.45) is 9.24. The highest BCUT2D eigenvalue weighted by atomic mass is 35.5. The Balaban J connectivity index is 2.06. The lowest BCUT2D eigenvalue weighted by atomic mass is 9.91. The van der Waals surface area contributed by atoms with E-state index in [4.69, 9.17) is 16.3 Å². The molecule has 0 spiro atoms. The zero-order valence-electron chi connectivity index (χ0n) is 11.5. The summed E-state index contributed by atoms with van der Waals surface area (Å²) in [4.78, 5) is 11.1. The summed E-state index contributed by atoms with van der Waals surface area (Å²) in [6, 6.07) is 0.596. The van der Waals surface area contributed by atoms with Gasteiger partial charge in [0.25, 0.3) is 0 Å². The summed E-state index contributed by atoms with van der Waals surface area (Å²) in [5.74, 6) is 2.22. The van der Waals surface area contributed by atoms with Gasteiger partial charge in [0.2, 0.25) is 5.88 Å². The van der Waals surface area contributed by atoms with Crippen LogP contribution in [0.4, 0.5) is 5.82 Å². The van der Waals surface area contributed by atoms with Crippen molar-refractivity contribution in [3.05, 3.63) is 12.4 Å². The number of aromatic nitrogens is 2. The SMILES string of the molecule is CCCOc1cncc(N(CCCCl)C2CCC2)n1. The fraction of sp³-hybridized carbons (Fsp3) is 0.714. The maximum Gasteiger partial charge on any atom is 0.234 e. The number of hydrogen-bond acceptors (Lipinski definition) is 4. The second-order valence-corrected chi connectivity index (χ2v) is 5.26. The molecule has 0 unspecified atom stereocenters. The third-order valence-electron chi connectivity index (χ3n) is 3.40. The van der Waals surface area contributed by atoms with Gasteiger partial charge < -0.3 is 9.64 Å². The van der Waals surface area contributed by atoms with E-state index in [1.54, 1.807) is 6.20 Å². The lowest BCUT2D eigenvalue weighted by Crippen LogP contribution is -2.41. The van der Waals surface area contributed by atoms with Crippen molar-refractivity contribution in [2.45, 2.75) is 45.1 Å². The predicted octanol–water partition coefficient (Wildman–Crippen LogP) is 3.25. The number of alkyl halides is 1. The average Bonchev–Trinajstić information content (AvgIpc) is 2.39. The molecule has 0 aromatic carbocycles. The van der Waals surface area contributed by atoms with Crippen LogP contribution in [-0.4, -0.2) is 35.0 Å². The molecule has 106 valence electrons. The molecule has 1 aliphatic rings. The fourth-order valence-corrected chi connectivity index (χ4v) is 2.29. The number of nitrogens with zero attached hydrogens (tertiary/aromatic N) is 3. The molecule has 0 N–H and O–H groups in total. The fourth-order valence-electron chi connectivity index (χ4n) is 2.17. The van der Waals surface area contributed by atoms with E-state index in [0.29, 0.717) is 24.4 Å². The Morgan fingerprint density at radius 3 is 2.89 bits per heavy atom. The maximum atomic E-state index is 5.81. The van der Waals surface area contributed by atoms with Gasteiger partial charge in [0, 0.05) is 18.5 Å². The van der Waals surface area contributed by atoms with Crippen LogP contribution >= 0.6 is 11.6 Å². The number of hydrogen-bond donors (Lipinski definition) is 0. The highest BCUT2D eigenvalue weighted by Gasteiger charge is 2.26. The normalized spacial score (nSPS) is 15.1. The van der Waals surface area contributed by atoms with Crippen LogP contribution in [0, 0.1) is 0 Å². The minimum Gasteiger partial charge on any atom is -0.477 e. The van der Waals surface area contributed by atoms with Crippen molar-refractivity contribution in [2.75, 3.05) is 23.9 Å². The van der Waals surface area contributed by atoms with Gasteiger partial charge in [-0.1, -0.05) is 6.92 Å². The first-order valence-electron chi connectivity index (χ1n) is 7.12. The highest BCUT2D eigenvalue weighted by Crippen LogP contribution is 2.29. The van der Waals surface area contributed by atoms with Crippen molar-refractivity contribution >= 4 is 17.4 Å². The molecule has 0 atom stereocenters. The predicted molar refractivity (Wildman–Crippen MR) is 78.1 cm³/mol. The summed E-state index contributed by atoms with van der Waals surface area (Å²) >= 11 is 5.81. The van der Waals surface area contributed by atoms with Gasteiger partial charge in [0.1, 0.15) is 0 Å². The molecule has 0 saturated heterocycles. The van der Waals surface area contributed by atoms with E-state index in [0.717, 1.165) is 25.2 Å². The molecule has 19 heavy (non-hydrogen) atoms. The van der Waals surface area contributed by atoms with E-state index < -0.39 is 0 Å². The molecule has 0 amide bonds. The molecule has 0 radical (unpaired) electrons. The quantitative estimate of drug-likeness (QED) is 0.687. The van der Waals surface area contributed by atoms with Crippen LogP contribution < -0.4 is 9.64 Å². The Labute approximate surface area is 120 Å². The lowest BCUT2D eigenvalue weighted by Gasteiger charge is -2.38. The van der Waals surface area contributed by atoms with Crippen molar-refractivity contribution in [1.82, 2.24) is 9.97 Å². The lowest BCUT2D eigenvalue weighted by molar-refractivity contribution is 0.303. The summed E-state index contributed by atoms with van der Waals surface area (Å²) in [7, 11) is 0. The Bertz CT molecular complexity index is 385. The van der Waals surface area contributed by atoms with Crippen molar-refractivity contribution < 1.29 is 4.74 Å². The third-order valence-corrected chi connectivity index (χ3v) is 3.66. The first-order valence-corrected chi connectivity index (χ1v) is 7.66. The Hall–Kier alpha value is -1.03. The molecule has 0 bridgehead atoms. The summed E-state index contributed by atoms with van der Waals surface area (Å²) in [6.45, 7) is 3.71. The van der Waals surface area contributed by atoms with Gasteiger partial charge in [-0.15, -0.1) is 11.6 Å². The van der Waals surface area contributed by atoms with Crippen LogP contribution in [0.15, 0.2) is 12.4 Å². The molecule has 1 heterocycles. The van der Waals surface area contributed by atoms with E-state index in [-0.39, 0.29) is 0 Å². The molecule has 1 fully saturated rings. The number of anilines is 1. The van der Waals surface area contributed by atoms with Gasteiger partial charge in [0.05, 0.1) is 19.0 Å². The van der Waals surface area contributed by atoms with Crippen LogP contribution in [0.25, 0.3) is 0 Å². The van der Waals surface area contributed by atoms with Gasteiger partial charge in [-0.2, -0.15) is 4.98 Å². The zero-order valence-corrected chi connectivity index (χ0v) is 12.3. The van der Waals surface area contributed by atoms with Crippen LogP contribution in [0.2, 0.25) is 0 Å². The minimum absolute atomic E-state index is 0.596. The topological polar surface area (TPSA) is 38.2 Å². The van der Waals surface area contributed by atoms with Gasteiger partial charge in [-0.3, -0.25) is 4.98 Å². The molecule has 4 nitrogen and oxygen atoms in total. The van der Waals surface area contributed by atoms with Gasteiger partial charge in [0.15, 0.2) is 5.82 Å². The van der Waals surface area contributed by atoms with E-state index in [1.165, 1.54) is 19.3 Å². The van der Waals surface area contributed by atoms with Crippen molar-refractivity contribution in [3.8, 4) is 5.88 Å². The summed E-state index contributed by atoms with van der Waals surface area (Å²) in [5.41, 5.74) is 0. The van der Waals surface area contributed by atoms with E-state index in [9.17, 15) is 0 Å². The average molecular weight is 284 g/mol. The number of ether oxygens (including phenoxy) is 1. The zero-order chi connectivity index (χ0) is 13.5. The molecule has 1 aromatic rings. The second-order valence-electron chi connectivity index (χ2n) is 4.88. The molecule has 1 aromatic heterocycles. The number of halogens is 1. The van der Waals surface area contributed by atoms with E-state index >= 15 is 0 Å². The molecule has 5 heteroatoms. The molecule has 0 aliphatic heterocycles. The highest BCUT2D eigenvalue weighted by molar-refractivity contribution is 6.17. The Morgan fingerprint density at radius 1 is 1.42 bits per heavy atom. The Morgan fingerprint density at radius 2 is 2.26 bits per heavy atom. The van der Waals surface area contributed by atoms with Crippen LogP contribution in [0.3, 0.4) is 0 Å². The Kier molecular flexibility index (Phi) is 5.70. The first-order chi connectivity index (χ1) is 9.35. The van der Waals surface area contributed by atoms with Crippen molar-refractivity contribution in [1.29, 1.82) is 0 Å². The minimum atomic E-state index is 0.596. The van der Waals surface area contributed by atoms with Crippen LogP contribution in [-0.2, 0) is 0 Å². The maximum absolute atomic E-state index is 5.81. The molecule has 1 saturated carbocycles. The van der Waals surface area contributed by atoms with Gasteiger partial charge in [-0.25, -0.2) is 0 Å². The first kappa shape index (κ1) is 14.4. The monoisotopic (exact) mass is 283 g/mol. The van der Waals surface area contributed by atoms with Crippen LogP contribution in [0.5, 0.6) is 5.88 Å². The van der Waals surface area contributed by atoms with E-state index in [2.05, 4.69) is 21.8 Å². The van der Waals surface area contributed by atoms with Crippen molar-refractivity contribution in [2.24, 2.45) is 0 Å². The second kappa shape index (κ2) is 7.53. The number of rotatable bonds is 8. The van der Waals surface area contributed by atoms with Gasteiger partial charge >= 0.3 is 0 Å². The third kappa shape index (κ3) is 3.96. The largest absolute Gasteiger partial charge is 0.477 e. The van der Waals surface area contributed by atoms with Crippen molar-refractivity contribution in [3.63, 3.8) is 0 Å². The van der Waals surface area contributed by atoms with Crippen LogP contribution in [0.1, 0.15) is 39.0 Å². The molecule has 2 rings (SSSR count). The van der Waals surface area contributed by atoms with Gasteiger partial charge in [-0.05, 0) is 32.1 Å².